The van der Waals surface area contributed by atoms with Gasteiger partial charge in [0.2, 0.25) is 0 Å². The van der Waals surface area contributed by atoms with Crippen LogP contribution >= 0.6 is 139 Å². The van der Waals surface area contributed by atoms with Gasteiger partial charge in [0.05, 0.1) is 83.0 Å². The van der Waals surface area contributed by atoms with Gasteiger partial charge in [-0.15, -0.1) is 0 Å². The van der Waals surface area contributed by atoms with Crippen molar-refractivity contribution in [3.8, 4) is 44.5 Å². The van der Waals surface area contributed by atoms with E-state index in [9.17, 15) is 0 Å². The quantitative estimate of drug-likeness (QED) is 0.136. The third kappa shape index (κ3) is 7.92. The SMILES string of the molecule is Clc1ccc(Cl)c(-c2c3nc(c(-c4c(Cl)ccc(Cl)c4Cl)c4ccc([nH]4)c(-c4c(Cl)ccc(Cl)c4Cl)c4nc(c(-c5c(Cl)ccc(Cl)c5Cl)c5ccc2[nH]5)C=C4)C=C3)c1Cl.[Fe]. The zero-order chi connectivity index (χ0) is 42.3. The number of fused-ring (bicyclic) bond motifs is 8. The second kappa shape index (κ2) is 17.8. The van der Waals surface area contributed by atoms with Crippen molar-refractivity contribution in [3.63, 3.8) is 0 Å². The van der Waals surface area contributed by atoms with Gasteiger partial charge < -0.3 is 9.97 Å². The number of nitrogens with zero attached hydrogens (tertiary/aromatic N) is 2. The Hall–Kier alpha value is -2.52. The summed E-state index contributed by atoms with van der Waals surface area (Å²) in [5.74, 6) is 0. The van der Waals surface area contributed by atoms with E-state index < -0.39 is 0 Å². The van der Waals surface area contributed by atoms with Gasteiger partial charge in [0.25, 0.3) is 0 Å². The van der Waals surface area contributed by atoms with Gasteiger partial charge in [-0.3, -0.25) is 0 Å². The Bertz CT molecular complexity index is 2840. The topological polar surface area (TPSA) is 57.4 Å². The first-order valence-electron chi connectivity index (χ1n) is 17.4. The molecule has 0 aliphatic carbocycles. The van der Waals surface area contributed by atoms with Crippen LogP contribution in [0.5, 0.6) is 0 Å². The van der Waals surface area contributed by atoms with Gasteiger partial charge in [-0.25, -0.2) is 9.97 Å². The number of benzene rings is 4. The van der Waals surface area contributed by atoms with Gasteiger partial charge in [-0.05, 0) is 97.1 Å². The van der Waals surface area contributed by atoms with Crippen LogP contribution in [-0.4, -0.2) is 19.9 Å². The van der Waals surface area contributed by atoms with E-state index in [0.717, 1.165) is 0 Å². The van der Waals surface area contributed by atoms with Crippen molar-refractivity contribution >= 4 is 186 Å². The monoisotopic (exact) mass is 1080 g/mol. The number of halogens is 12. The average molecular weight is 1080 g/mol. The Morgan fingerprint density at radius 3 is 0.672 bits per heavy atom. The van der Waals surface area contributed by atoms with Crippen LogP contribution in [0.3, 0.4) is 0 Å². The Labute approximate surface area is 418 Å². The van der Waals surface area contributed by atoms with Gasteiger partial charge in [-0.1, -0.05) is 139 Å². The predicted molar refractivity (Wildman–Crippen MR) is 261 cm³/mol. The van der Waals surface area contributed by atoms with E-state index in [1.54, 1.807) is 48.5 Å². The second-order valence-electron chi connectivity index (χ2n) is 13.4. The van der Waals surface area contributed by atoms with Crippen molar-refractivity contribution in [1.82, 2.24) is 19.9 Å². The summed E-state index contributed by atoms with van der Waals surface area (Å²) in [5.41, 5.74) is 7.87. The van der Waals surface area contributed by atoms with E-state index in [2.05, 4.69) is 9.97 Å². The molecule has 0 saturated heterocycles. The van der Waals surface area contributed by atoms with E-state index in [-0.39, 0.29) is 57.2 Å². The molecule has 2 aliphatic heterocycles. The third-order valence-electron chi connectivity index (χ3n) is 9.93. The summed E-state index contributed by atoms with van der Waals surface area (Å²) in [5, 5.41) is 3.25. The van der Waals surface area contributed by atoms with Gasteiger partial charge in [0, 0.05) is 83.6 Å². The molecular weight excluding hydrogens is 1070 g/mol. The molecule has 2 N–H and O–H groups in total. The van der Waals surface area contributed by atoms with E-state index in [1.807, 2.05) is 48.6 Å². The van der Waals surface area contributed by atoms with Crippen molar-refractivity contribution in [2.24, 2.45) is 0 Å². The summed E-state index contributed by atoms with van der Waals surface area (Å²) in [4.78, 5) is 17.5. The molecule has 8 bridgehead atoms. The van der Waals surface area contributed by atoms with Crippen molar-refractivity contribution in [2.45, 2.75) is 0 Å². The maximum absolute atomic E-state index is 6.99. The largest absolute Gasteiger partial charge is 0.354 e. The molecule has 4 aromatic carbocycles. The van der Waals surface area contributed by atoms with Gasteiger partial charge in [-0.2, -0.15) is 0 Å². The number of hydrogen-bond donors (Lipinski definition) is 2. The summed E-state index contributed by atoms with van der Waals surface area (Å²) in [7, 11) is 0. The first-order chi connectivity index (χ1) is 28.7. The minimum atomic E-state index is 0. The van der Waals surface area contributed by atoms with Gasteiger partial charge in [0.1, 0.15) is 0 Å². The Balaban J connectivity index is 0.00000514. The maximum Gasteiger partial charge on any atom is 0.0738 e. The van der Waals surface area contributed by atoms with Crippen molar-refractivity contribution in [1.29, 1.82) is 0 Å². The van der Waals surface area contributed by atoms with Crippen LogP contribution < -0.4 is 0 Å². The summed E-state index contributed by atoms with van der Waals surface area (Å²) in [6, 6.07) is 20.6. The van der Waals surface area contributed by atoms with Crippen molar-refractivity contribution in [2.75, 3.05) is 0 Å². The van der Waals surface area contributed by atoms with Crippen LogP contribution in [0.15, 0.2) is 72.8 Å². The molecule has 2 aliphatic rings. The minimum absolute atomic E-state index is 0. The number of aromatic amines is 2. The normalized spacial score (nSPS) is 12.0. The molecule has 61 heavy (non-hydrogen) atoms. The zero-order valence-electron chi connectivity index (χ0n) is 30.0. The first-order valence-corrected chi connectivity index (χ1v) is 22.0. The number of aromatic nitrogens is 4. The Morgan fingerprint density at radius 1 is 0.262 bits per heavy atom. The molecule has 0 saturated carbocycles. The molecule has 0 amide bonds. The number of H-pyrrole nitrogens is 2. The molecule has 9 rings (SSSR count). The minimum Gasteiger partial charge on any atom is -0.354 e. The van der Waals surface area contributed by atoms with Gasteiger partial charge in [0.15, 0.2) is 0 Å². The van der Waals surface area contributed by atoms with Crippen LogP contribution in [-0.2, 0) is 17.1 Å². The molecule has 0 radical (unpaired) electrons. The summed E-state index contributed by atoms with van der Waals surface area (Å²) < 4.78 is 0. The standard InChI is InChI=1S/C44H18Cl12N4.Fe/c45-17-1-5-21(49)41(53)33(17)37-25-9-11-27(57-25)38(34-18(46)2-6-22(50)42(34)54)29-13-15-31(59-29)40(36-20(48)4-8-24(52)44(36)56)32-16-14-30(60-32)39(28-12-10-26(37)58-28)35-19(47)3-7-23(51)43(35)55;/h1-16,57,60H;. The fourth-order valence-corrected chi connectivity index (χ4v) is 10.2. The number of hydrogen-bond acceptors (Lipinski definition) is 2. The Morgan fingerprint density at radius 2 is 0.459 bits per heavy atom. The predicted octanol–water partition coefficient (Wildman–Crippen LogP) is 19.2. The molecule has 0 fully saturated rings. The molecule has 306 valence electrons. The molecule has 5 heterocycles. The van der Waals surface area contributed by atoms with E-state index in [4.69, 9.17) is 149 Å². The molecular formula is C44H18Cl12FeN4. The van der Waals surface area contributed by atoms with Crippen LogP contribution in [0.2, 0.25) is 60.3 Å². The van der Waals surface area contributed by atoms with Crippen molar-refractivity contribution < 1.29 is 17.1 Å². The molecule has 0 unspecified atom stereocenters. The van der Waals surface area contributed by atoms with Crippen LogP contribution in [0, 0.1) is 0 Å². The molecule has 0 spiro atoms. The maximum atomic E-state index is 6.99. The number of rotatable bonds is 4. The first kappa shape index (κ1) is 45.1. The van der Waals surface area contributed by atoms with Crippen molar-refractivity contribution in [3.05, 3.63) is 156 Å². The molecule has 0 atom stereocenters. The summed E-state index contributed by atoms with van der Waals surface area (Å²) >= 11 is 82.4. The average Bonchev–Trinajstić information content (AvgIpc) is 4.07. The Kier molecular flexibility index (Phi) is 13.2. The third-order valence-corrected chi connectivity index (χ3v) is 14.4. The molecule has 3 aromatic heterocycles. The fraction of sp³-hybridized carbons (Fsp3) is 0. The summed E-state index contributed by atoms with van der Waals surface area (Å²) in [6.07, 6.45) is 7.32. The smallest absolute Gasteiger partial charge is 0.0738 e. The second-order valence-corrected chi connectivity index (χ2v) is 18.1. The zero-order valence-corrected chi connectivity index (χ0v) is 40.2. The summed E-state index contributed by atoms with van der Waals surface area (Å²) in [6.45, 7) is 0. The van der Waals surface area contributed by atoms with Crippen LogP contribution in [0.4, 0.5) is 0 Å². The van der Waals surface area contributed by atoms with Gasteiger partial charge >= 0.3 is 0 Å². The van der Waals surface area contributed by atoms with E-state index in [0.29, 0.717) is 109 Å². The molecule has 7 aromatic rings. The fourth-order valence-electron chi connectivity index (χ4n) is 7.28. The van der Waals surface area contributed by atoms with Crippen LogP contribution in [0.25, 0.3) is 90.9 Å². The molecule has 17 heteroatoms. The van der Waals surface area contributed by atoms with Crippen LogP contribution in [0.1, 0.15) is 22.8 Å². The number of nitrogens with one attached hydrogen (secondary N) is 2. The molecule has 4 nitrogen and oxygen atoms in total. The van der Waals surface area contributed by atoms with E-state index in [1.165, 1.54) is 0 Å². The van der Waals surface area contributed by atoms with E-state index >= 15 is 0 Å².